The van der Waals surface area contributed by atoms with E-state index in [2.05, 4.69) is 5.32 Å². The van der Waals surface area contributed by atoms with Crippen LogP contribution in [0.4, 0.5) is 27.6 Å². The molecule has 0 saturated carbocycles. The molecule has 0 heterocycles. The molecule has 0 spiro atoms. The molecule has 0 aliphatic heterocycles. The predicted molar refractivity (Wildman–Crippen MR) is 60.0 cm³/mol. The van der Waals surface area contributed by atoms with Crippen molar-refractivity contribution >= 4 is 5.69 Å². The first kappa shape index (κ1) is 13.3. The quantitative estimate of drug-likeness (QED) is 0.658. The van der Waals surface area contributed by atoms with Gasteiger partial charge in [-0.05, 0) is 18.2 Å². The summed E-state index contributed by atoms with van der Waals surface area (Å²) in [7, 11) is 0. The van der Waals surface area contributed by atoms with Crippen molar-refractivity contribution in [3.63, 3.8) is 0 Å². The molecule has 0 fully saturated rings. The lowest BCUT2D eigenvalue weighted by Crippen LogP contribution is -2.05. The van der Waals surface area contributed by atoms with Crippen molar-refractivity contribution in [3.05, 3.63) is 65.0 Å². The van der Waals surface area contributed by atoms with Crippen molar-refractivity contribution in [2.45, 2.75) is 6.54 Å². The van der Waals surface area contributed by atoms with E-state index in [1.807, 2.05) is 0 Å². The Hall–Kier alpha value is -2.11. The molecular formula is C13H8F5N. The van der Waals surface area contributed by atoms with Gasteiger partial charge in [0.1, 0.15) is 17.5 Å². The number of halogens is 5. The lowest BCUT2D eigenvalue weighted by Gasteiger charge is -2.09. The zero-order valence-electron chi connectivity index (χ0n) is 9.48. The van der Waals surface area contributed by atoms with Gasteiger partial charge in [0.15, 0.2) is 11.6 Å². The van der Waals surface area contributed by atoms with Crippen LogP contribution in [-0.2, 0) is 6.54 Å². The van der Waals surface area contributed by atoms with Gasteiger partial charge < -0.3 is 5.32 Å². The van der Waals surface area contributed by atoms with E-state index in [9.17, 15) is 22.0 Å². The van der Waals surface area contributed by atoms with E-state index in [0.717, 1.165) is 12.1 Å². The molecule has 100 valence electrons. The van der Waals surface area contributed by atoms with E-state index in [4.69, 9.17) is 0 Å². The third-order valence-corrected chi connectivity index (χ3v) is 2.49. The van der Waals surface area contributed by atoms with Crippen LogP contribution in [0.2, 0.25) is 0 Å². The second kappa shape index (κ2) is 5.26. The molecule has 2 aromatic rings. The smallest absolute Gasteiger partial charge is 0.161 e. The fraction of sp³-hybridized carbons (Fsp3) is 0.0769. The topological polar surface area (TPSA) is 12.0 Å². The van der Waals surface area contributed by atoms with E-state index in [0.29, 0.717) is 18.2 Å². The number of anilines is 1. The minimum atomic E-state index is -1.30. The molecule has 0 atom stereocenters. The van der Waals surface area contributed by atoms with E-state index in [1.54, 1.807) is 0 Å². The minimum absolute atomic E-state index is 0.0643. The van der Waals surface area contributed by atoms with E-state index in [-0.39, 0.29) is 17.8 Å². The number of nitrogens with one attached hydrogen (secondary N) is 1. The van der Waals surface area contributed by atoms with Crippen LogP contribution in [0.3, 0.4) is 0 Å². The predicted octanol–water partition coefficient (Wildman–Crippen LogP) is 3.99. The maximum atomic E-state index is 13.3. The monoisotopic (exact) mass is 273 g/mol. The Morgan fingerprint density at radius 1 is 0.737 bits per heavy atom. The van der Waals surface area contributed by atoms with Crippen LogP contribution in [0, 0.1) is 29.1 Å². The first-order valence-corrected chi connectivity index (χ1v) is 5.29. The van der Waals surface area contributed by atoms with Gasteiger partial charge in [0.2, 0.25) is 0 Å². The fourth-order valence-corrected chi connectivity index (χ4v) is 1.52. The Bertz CT molecular complexity index is 612. The summed E-state index contributed by atoms with van der Waals surface area (Å²) >= 11 is 0. The molecule has 6 heteroatoms. The molecule has 0 amide bonds. The summed E-state index contributed by atoms with van der Waals surface area (Å²) in [6, 6.07) is 3.89. The van der Waals surface area contributed by atoms with E-state index < -0.39 is 29.1 Å². The Balaban J connectivity index is 2.16. The Kier molecular flexibility index (Phi) is 3.69. The van der Waals surface area contributed by atoms with Crippen LogP contribution < -0.4 is 5.32 Å². The highest BCUT2D eigenvalue weighted by Gasteiger charge is 2.10. The van der Waals surface area contributed by atoms with Crippen LogP contribution in [0.5, 0.6) is 0 Å². The molecule has 0 unspecified atom stereocenters. The number of rotatable bonds is 3. The average Bonchev–Trinajstić information content (AvgIpc) is 2.34. The van der Waals surface area contributed by atoms with Gasteiger partial charge in [-0.1, -0.05) is 0 Å². The average molecular weight is 273 g/mol. The molecule has 0 aromatic heterocycles. The lowest BCUT2D eigenvalue weighted by molar-refractivity contribution is 0.490. The van der Waals surface area contributed by atoms with Crippen molar-refractivity contribution in [2.24, 2.45) is 0 Å². The zero-order chi connectivity index (χ0) is 14.0. The summed E-state index contributed by atoms with van der Waals surface area (Å²) in [6.45, 7) is -0.258. The van der Waals surface area contributed by atoms with Crippen LogP contribution >= 0.6 is 0 Å². The summed E-state index contributed by atoms with van der Waals surface area (Å²) in [5, 5.41) is 2.47. The van der Waals surface area contributed by atoms with Gasteiger partial charge in [0.05, 0.1) is 5.69 Å². The molecule has 0 saturated heterocycles. The third kappa shape index (κ3) is 3.01. The Morgan fingerprint density at radius 2 is 1.42 bits per heavy atom. The minimum Gasteiger partial charge on any atom is -0.378 e. The van der Waals surface area contributed by atoms with Crippen molar-refractivity contribution in [1.82, 2.24) is 0 Å². The summed E-state index contributed by atoms with van der Waals surface area (Å²) in [4.78, 5) is 0. The molecule has 0 aliphatic rings. The molecular weight excluding hydrogens is 265 g/mol. The van der Waals surface area contributed by atoms with Gasteiger partial charge in [-0.3, -0.25) is 0 Å². The standard InChI is InChI=1S/C13H8F5N/c14-8-1-2-13(12(18)4-8)19-6-7-3-10(16)11(17)5-9(7)15/h1-5,19H,6H2. The van der Waals surface area contributed by atoms with E-state index >= 15 is 0 Å². The summed E-state index contributed by atoms with van der Waals surface area (Å²) in [5.41, 5.74) is -0.229. The highest BCUT2D eigenvalue weighted by molar-refractivity contribution is 5.45. The van der Waals surface area contributed by atoms with Crippen LogP contribution in [-0.4, -0.2) is 0 Å². The van der Waals surface area contributed by atoms with E-state index in [1.165, 1.54) is 0 Å². The molecule has 2 aromatic carbocycles. The van der Waals surface area contributed by atoms with Crippen molar-refractivity contribution in [2.75, 3.05) is 5.32 Å². The molecule has 1 N–H and O–H groups in total. The van der Waals surface area contributed by atoms with Crippen molar-refractivity contribution < 1.29 is 22.0 Å². The highest BCUT2D eigenvalue weighted by Crippen LogP contribution is 2.18. The molecule has 1 nitrogen and oxygen atoms in total. The van der Waals surface area contributed by atoms with Gasteiger partial charge in [-0.2, -0.15) is 0 Å². The molecule has 0 radical (unpaired) electrons. The summed E-state index contributed by atoms with van der Waals surface area (Å²) in [5.74, 6) is -5.05. The van der Waals surface area contributed by atoms with Crippen molar-refractivity contribution in [3.8, 4) is 0 Å². The highest BCUT2D eigenvalue weighted by atomic mass is 19.2. The number of hydrogen-bond donors (Lipinski definition) is 1. The fourth-order valence-electron chi connectivity index (χ4n) is 1.52. The first-order valence-electron chi connectivity index (χ1n) is 5.29. The third-order valence-electron chi connectivity index (χ3n) is 2.49. The van der Waals surface area contributed by atoms with Gasteiger partial charge in [0.25, 0.3) is 0 Å². The molecule has 19 heavy (non-hydrogen) atoms. The maximum Gasteiger partial charge on any atom is 0.161 e. The SMILES string of the molecule is Fc1ccc(NCc2cc(F)c(F)cc2F)c(F)c1. The lowest BCUT2D eigenvalue weighted by atomic mass is 10.2. The first-order chi connectivity index (χ1) is 8.97. The largest absolute Gasteiger partial charge is 0.378 e. The zero-order valence-corrected chi connectivity index (χ0v) is 9.48. The van der Waals surface area contributed by atoms with Gasteiger partial charge in [-0.25, -0.2) is 22.0 Å². The molecule has 2 rings (SSSR count). The molecule has 0 aliphatic carbocycles. The van der Waals surface area contributed by atoms with Gasteiger partial charge in [0, 0.05) is 24.2 Å². The van der Waals surface area contributed by atoms with Gasteiger partial charge >= 0.3 is 0 Å². The van der Waals surface area contributed by atoms with Crippen LogP contribution in [0.15, 0.2) is 30.3 Å². The second-order valence-electron chi connectivity index (χ2n) is 3.84. The van der Waals surface area contributed by atoms with Crippen LogP contribution in [0.25, 0.3) is 0 Å². The summed E-state index contributed by atoms with van der Waals surface area (Å²) < 4.78 is 64.8. The number of benzene rings is 2. The Labute approximate surface area is 105 Å². The molecule has 0 bridgehead atoms. The van der Waals surface area contributed by atoms with Gasteiger partial charge in [-0.15, -0.1) is 0 Å². The Morgan fingerprint density at radius 3 is 2.11 bits per heavy atom. The number of hydrogen-bond acceptors (Lipinski definition) is 1. The normalized spacial score (nSPS) is 10.6. The van der Waals surface area contributed by atoms with Crippen molar-refractivity contribution in [1.29, 1.82) is 0 Å². The second-order valence-corrected chi connectivity index (χ2v) is 3.84. The summed E-state index contributed by atoms with van der Waals surface area (Å²) in [6.07, 6.45) is 0. The van der Waals surface area contributed by atoms with Crippen LogP contribution in [0.1, 0.15) is 5.56 Å². The maximum absolute atomic E-state index is 13.3.